The lowest BCUT2D eigenvalue weighted by Gasteiger charge is -1.85. The van der Waals surface area contributed by atoms with Crippen molar-refractivity contribution < 1.29 is 15.0 Å². The third kappa shape index (κ3) is 22.8. The van der Waals surface area contributed by atoms with Crippen molar-refractivity contribution >= 4 is 5.97 Å². The van der Waals surface area contributed by atoms with Gasteiger partial charge in [-0.3, -0.25) is 16.1 Å². The van der Waals surface area contributed by atoms with Crippen molar-refractivity contribution in [3.05, 3.63) is 0 Å². The van der Waals surface area contributed by atoms with Crippen LogP contribution in [-0.2, 0) is 4.79 Å². The fourth-order valence-electron chi connectivity index (χ4n) is 0.393. The van der Waals surface area contributed by atoms with E-state index in [-0.39, 0.29) is 6.61 Å². The summed E-state index contributed by atoms with van der Waals surface area (Å²) in [5.74, 6) is 4.04. The Morgan fingerprint density at radius 2 is 2.17 bits per heavy atom. The number of carboxylic acids is 1. The van der Waals surface area contributed by atoms with E-state index in [0.29, 0.717) is 13.0 Å². The number of aliphatic hydroxyl groups excluding tert-OH is 1. The summed E-state index contributed by atoms with van der Waals surface area (Å²) < 4.78 is 0. The highest BCUT2D eigenvalue weighted by molar-refractivity contribution is 5.66. The maximum atomic E-state index is 9.76. The van der Waals surface area contributed by atoms with E-state index in [1.807, 2.05) is 6.92 Å². The minimum atomic E-state index is -0.693. The molecule has 5 nitrogen and oxygen atoms in total. The van der Waals surface area contributed by atoms with Gasteiger partial charge in [0.1, 0.15) is 0 Å². The van der Waals surface area contributed by atoms with Gasteiger partial charge < -0.3 is 10.2 Å². The van der Waals surface area contributed by atoms with Crippen LogP contribution < -0.4 is 11.3 Å². The number of aliphatic carboxylic acids is 1. The summed E-state index contributed by atoms with van der Waals surface area (Å²) in [6.07, 6.45) is 2.08. The number of nitrogens with two attached hydrogens (primary N) is 1. The molecule has 0 rings (SSSR count). The fraction of sp³-hybridized carbons (Fsp3) is 0.857. The number of rotatable bonds is 5. The van der Waals surface area contributed by atoms with Crippen LogP contribution in [0.5, 0.6) is 0 Å². The Morgan fingerprint density at radius 3 is 2.25 bits per heavy atom. The first-order valence-electron chi connectivity index (χ1n) is 3.95. The topological polar surface area (TPSA) is 95.6 Å². The number of nitrogens with one attached hydrogen (secondary N) is 1. The van der Waals surface area contributed by atoms with Crippen LogP contribution in [0.25, 0.3) is 0 Å². The molecule has 0 aliphatic heterocycles. The van der Waals surface area contributed by atoms with Crippen LogP contribution in [0.15, 0.2) is 0 Å². The molecule has 0 aliphatic rings. The summed E-state index contributed by atoms with van der Waals surface area (Å²) in [5.41, 5.74) is 2.27. The van der Waals surface area contributed by atoms with Crippen molar-refractivity contribution in [2.75, 3.05) is 13.2 Å². The molecule has 0 aromatic carbocycles. The van der Waals surface area contributed by atoms with Gasteiger partial charge in [-0.2, -0.15) is 0 Å². The molecule has 5 heteroatoms. The van der Waals surface area contributed by atoms with Crippen LogP contribution in [0.2, 0.25) is 0 Å². The zero-order valence-electron chi connectivity index (χ0n) is 7.42. The number of hydrogen-bond acceptors (Lipinski definition) is 4. The van der Waals surface area contributed by atoms with Gasteiger partial charge >= 0.3 is 5.97 Å². The smallest absolute Gasteiger partial charge is 0.303 e. The molecule has 0 heterocycles. The number of aliphatic hydroxyl groups is 1. The molecule has 0 atom stereocenters. The van der Waals surface area contributed by atoms with E-state index in [4.69, 9.17) is 16.1 Å². The van der Waals surface area contributed by atoms with Gasteiger partial charge in [-0.15, -0.1) is 0 Å². The third-order valence-corrected chi connectivity index (χ3v) is 1.00. The molecule has 0 radical (unpaired) electrons. The van der Waals surface area contributed by atoms with Crippen LogP contribution in [0.4, 0.5) is 0 Å². The maximum absolute atomic E-state index is 9.76. The second-order valence-electron chi connectivity index (χ2n) is 2.18. The lowest BCUT2D eigenvalue weighted by molar-refractivity contribution is -0.137. The van der Waals surface area contributed by atoms with Crippen molar-refractivity contribution in [2.45, 2.75) is 26.2 Å². The van der Waals surface area contributed by atoms with E-state index in [2.05, 4.69) is 5.43 Å². The Kier molecular flexibility index (Phi) is 15.0. The molecule has 0 unspecified atom stereocenters. The first kappa shape index (κ1) is 13.9. The van der Waals surface area contributed by atoms with Gasteiger partial charge in [0.05, 0.1) is 6.61 Å². The van der Waals surface area contributed by atoms with Crippen LogP contribution >= 0.6 is 0 Å². The standard InChI is InChI=1S/C5H10O2.C2H8N2O/c1-2-3-4-5(6)7;3-4-1-2-5/h2-4H2,1H3,(H,6,7);4-5H,1-3H2. The Hall–Kier alpha value is -0.650. The second-order valence-corrected chi connectivity index (χ2v) is 2.18. The molecule has 12 heavy (non-hydrogen) atoms. The zero-order chi connectivity index (χ0) is 9.82. The second kappa shape index (κ2) is 13.0. The highest BCUT2D eigenvalue weighted by Crippen LogP contribution is 1.91. The van der Waals surface area contributed by atoms with E-state index in [1.54, 1.807) is 0 Å². The Bertz CT molecular complexity index is 96.7. The summed E-state index contributed by atoms with van der Waals surface area (Å²) in [6, 6.07) is 0. The largest absolute Gasteiger partial charge is 0.481 e. The van der Waals surface area contributed by atoms with Gasteiger partial charge in [0.2, 0.25) is 0 Å². The summed E-state index contributed by atoms with van der Waals surface area (Å²) in [6.45, 7) is 2.56. The SMILES string of the molecule is CCCCC(=O)O.NNCCO. The number of hydrogen-bond donors (Lipinski definition) is 4. The van der Waals surface area contributed by atoms with E-state index >= 15 is 0 Å². The first-order chi connectivity index (χ1) is 5.68. The predicted molar refractivity (Wildman–Crippen MR) is 46.4 cm³/mol. The highest BCUT2D eigenvalue weighted by atomic mass is 16.4. The Balaban J connectivity index is 0. The van der Waals surface area contributed by atoms with Gasteiger partial charge in [-0.1, -0.05) is 13.3 Å². The number of hydrazine groups is 1. The molecule has 0 saturated carbocycles. The first-order valence-corrected chi connectivity index (χ1v) is 3.95. The lowest BCUT2D eigenvalue weighted by Crippen LogP contribution is -2.24. The molecule has 0 aliphatic carbocycles. The molecule has 0 amide bonds. The third-order valence-electron chi connectivity index (χ3n) is 1.00. The maximum Gasteiger partial charge on any atom is 0.303 e. The fourth-order valence-corrected chi connectivity index (χ4v) is 0.393. The summed E-state index contributed by atoms with van der Waals surface area (Å²) in [7, 11) is 0. The molecular formula is C7H18N2O3. The van der Waals surface area contributed by atoms with E-state index in [0.717, 1.165) is 12.8 Å². The van der Waals surface area contributed by atoms with Crippen molar-refractivity contribution in [1.82, 2.24) is 5.43 Å². The van der Waals surface area contributed by atoms with Crippen molar-refractivity contribution in [2.24, 2.45) is 5.84 Å². The highest BCUT2D eigenvalue weighted by Gasteiger charge is 1.90. The molecule has 0 fully saturated rings. The molecular weight excluding hydrogens is 160 g/mol. The number of carboxylic acid groups (broad SMARTS) is 1. The van der Waals surface area contributed by atoms with Crippen molar-refractivity contribution in [3.63, 3.8) is 0 Å². The van der Waals surface area contributed by atoms with E-state index < -0.39 is 5.97 Å². The average Bonchev–Trinajstić information content (AvgIpc) is 2.03. The average molecular weight is 178 g/mol. The molecule has 0 saturated heterocycles. The van der Waals surface area contributed by atoms with Crippen LogP contribution in [-0.4, -0.2) is 29.3 Å². The van der Waals surface area contributed by atoms with Gasteiger partial charge in [0.25, 0.3) is 0 Å². The van der Waals surface area contributed by atoms with Crippen molar-refractivity contribution in [1.29, 1.82) is 0 Å². The molecule has 0 aromatic heterocycles. The molecule has 0 spiro atoms. The number of unbranched alkanes of at least 4 members (excludes halogenated alkanes) is 1. The van der Waals surface area contributed by atoms with E-state index in [1.165, 1.54) is 0 Å². The van der Waals surface area contributed by atoms with Gasteiger partial charge in [-0.05, 0) is 6.42 Å². The van der Waals surface area contributed by atoms with Crippen LogP contribution in [0.3, 0.4) is 0 Å². The van der Waals surface area contributed by atoms with Gasteiger partial charge in [0, 0.05) is 13.0 Å². The Labute approximate surface area is 72.5 Å². The van der Waals surface area contributed by atoms with Gasteiger partial charge in [-0.25, -0.2) is 0 Å². The normalized spacial score (nSPS) is 8.58. The molecule has 74 valence electrons. The Morgan fingerprint density at radius 1 is 1.58 bits per heavy atom. The zero-order valence-corrected chi connectivity index (χ0v) is 7.42. The minimum absolute atomic E-state index is 0.108. The minimum Gasteiger partial charge on any atom is -0.481 e. The molecule has 5 N–H and O–H groups in total. The van der Waals surface area contributed by atoms with Crippen molar-refractivity contribution in [3.8, 4) is 0 Å². The quantitative estimate of drug-likeness (QED) is 0.342. The van der Waals surface area contributed by atoms with Crippen LogP contribution in [0.1, 0.15) is 26.2 Å². The van der Waals surface area contributed by atoms with E-state index in [9.17, 15) is 4.79 Å². The number of carbonyl (C=O) groups is 1. The molecule has 0 bridgehead atoms. The molecule has 0 aromatic rings. The van der Waals surface area contributed by atoms with Crippen LogP contribution in [0, 0.1) is 0 Å². The predicted octanol–water partition coefficient (Wildman–Crippen LogP) is -0.297. The summed E-state index contributed by atoms with van der Waals surface area (Å²) in [4.78, 5) is 9.76. The lowest BCUT2D eigenvalue weighted by atomic mass is 10.3. The van der Waals surface area contributed by atoms with Gasteiger partial charge in [0.15, 0.2) is 0 Å². The summed E-state index contributed by atoms with van der Waals surface area (Å²) in [5, 5.41) is 16.0. The monoisotopic (exact) mass is 178 g/mol. The summed E-state index contributed by atoms with van der Waals surface area (Å²) >= 11 is 0.